The van der Waals surface area contributed by atoms with Gasteiger partial charge in [0.05, 0.1) is 17.3 Å². The van der Waals surface area contributed by atoms with E-state index in [1.165, 1.54) is 12.1 Å². The minimum Gasteiger partial charge on any atom is -0.366 e. The van der Waals surface area contributed by atoms with E-state index in [2.05, 4.69) is 5.32 Å². The second-order valence-corrected chi connectivity index (χ2v) is 3.08. The first-order valence-electron chi connectivity index (χ1n) is 4.53. The van der Waals surface area contributed by atoms with E-state index in [1.807, 2.05) is 0 Å². The van der Waals surface area contributed by atoms with Gasteiger partial charge in [0, 0.05) is 18.6 Å². The Balaban J connectivity index is 2.58. The summed E-state index contributed by atoms with van der Waals surface area (Å²) in [5, 5.41) is 20.4. The van der Waals surface area contributed by atoms with Crippen LogP contribution in [-0.2, 0) is 11.2 Å². The maximum atomic E-state index is 10.4. The van der Waals surface area contributed by atoms with E-state index in [0.29, 0.717) is 6.42 Å². The number of benzene rings is 1. The fourth-order valence-electron chi connectivity index (χ4n) is 1.14. The molecule has 1 aromatic rings. The molecule has 6 nitrogen and oxygen atoms in total. The molecule has 0 bridgehead atoms. The van der Waals surface area contributed by atoms with E-state index in [-0.39, 0.29) is 18.1 Å². The van der Waals surface area contributed by atoms with E-state index in [1.54, 1.807) is 18.4 Å². The van der Waals surface area contributed by atoms with E-state index in [9.17, 15) is 14.9 Å². The van der Waals surface area contributed by atoms with Crippen molar-refractivity contribution in [3.8, 4) is 0 Å². The van der Waals surface area contributed by atoms with Crippen molar-refractivity contribution in [1.82, 2.24) is 5.32 Å². The first kappa shape index (κ1) is 11.8. The Bertz CT molecular complexity index is 400. The zero-order valence-corrected chi connectivity index (χ0v) is 8.40. The molecule has 1 rings (SSSR count). The summed E-state index contributed by atoms with van der Waals surface area (Å²) < 4.78 is 0. The zero-order valence-electron chi connectivity index (χ0n) is 8.40. The van der Waals surface area contributed by atoms with Gasteiger partial charge in [-0.15, -0.1) is 0 Å². The van der Waals surface area contributed by atoms with Crippen molar-refractivity contribution in [2.24, 2.45) is 0 Å². The molecule has 0 heterocycles. The average Bonchev–Trinajstić information content (AvgIpc) is 2.27. The molecule has 83 valence electrons. The van der Waals surface area contributed by atoms with Crippen LogP contribution in [0.5, 0.6) is 0 Å². The van der Waals surface area contributed by atoms with Crippen LogP contribution in [0.1, 0.15) is 5.56 Å². The summed E-state index contributed by atoms with van der Waals surface area (Å²) in [6, 6.07) is 5.93. The molecule has 0 aromatic heterocycles. The molecule has 0 spiro atoms. The molecule has 16 heavy (non-hydrogen) atoms. The first-order valence-corrected chi connectivity index (χ1v) is 4.53. The number of nitro benzene ring substituents is 1. The lowest BCUT2D eigenvalue weighted by molar-refractivity contribution is -0.384. The van der Waals surface area contributed by atoms with Gasteiger partial charge in [-0.3, -0.25) is 20.3 Å². The fraction of sp³-hybridized carbons (Fsp3) is 0.200. The summed E-state index contributed by atoms with van der Waals surface area (Å²) >= 11 is 0. The van der Waals surface area contributed by atoms with E-state index >= 15 is 0 Å². The van der Waals surface area contributed by atoms with Crippen molar-refractivity contribution < 1.29 is 9.72 Å². The molecule has 0 saturated carbocycles. The highest BCUT2D eigenvalue weighted by Crippen LogP contribution is 2.12. The van der Waals surface area contributed by atoms with Gasteiger partial charge in [0.15, 0.2) is 0 Å². The van der Waals surface area contributed by atoms with Crippen LogP contribution in [-0.4, -0.2) is 23.6 Å². The van der Waals surface area contributed by atoms with Gasteiger partial charge in [0.2, 0.25) is 6.29 Å². The summed E-state index contributed by atoms with van der Waals surface area (Å²) in [4.78, 5) is 19.8. The van der Waals surface area contributed by atoms with Crippen LogP contribution in [0.3, 0.4) is 0 Å². The molecule has 0 amide bonds. The Hall–Kier alpha value is -2.24. The number of rotatable bonds is 5. The van der Waals surface area contributed by atoms with Crippen molar-refractivity contribution in [3.63, 3.8) is 0 Å². The van der Waals surface area contributed by atoms with E-state index in [4.69, 9.17) is 5.41 Å². The monoisotopic (exact) mass is 220 g/mol. The molecule has 0 unspecified atom stereocenters. The van der Waals surface area contributed by atoms with Crippen molar-refractivity contribution in [3.05, 3.63) is 39.9 Å². The Kier molecular flexibility index (Phi) is 4.14. The lowest BCUT2D eigenvalue weighted by atomic mass is 10.1. The number of nitro groups is 1. The van der Waals surface area contributed by atoms with Gasteiger partial charge in [0.1, 0.15) is 0 Å². The Morgan fingerprint density at radius 3 is 2.56 bits per heavy atom. The van der Waals surface area contributed by atoms with Gasteiger partial charge in [-0.1, -0.05) is 12.1 Å². The van der Waals surface area contributed by atoms with Crippen LogP contribution in [0.2, 0.25) is 0 Å². The summed E-state index contributed by atoms with van der Waals surface area (Å²) in [5.74, 6) is 0.178. The van der Waals surface area contributed by atoms with Crippen molar-refractivity contribution in [1.29, 1.82) is 5.41 Å². The first-order chi connectivity index (χ1) is 7.63. The van der Waals surface area contributed by atoms with Gasteiger partial charge >= 0.3 is 0 Å². The number of non-ortho nitro benzene ring substituents is 1. The van der Waals surface area contributed by atoms with Crippen molar-refractivity contribution in [2.75, 3.05) is 6.54 Å². The van der Waals surface area contributed by atoms with Gasteiger partial charge in [0.25, 0.3) is 5.69 Å². The molecule has 0 saturated heterocycles. The third-order valence-electron chi connectivity index (χ3n) is 1.90. The molecule has 0 atom stereocenters. The minimum atomic E-state index is -0.477. The Labute approximate surface area is 91.9 Å². The predicted octanol–water partition coefficient (Wildman–Crippen LogP) is 0.814. The van der Waals surface area contributed by atoms with Crippen LogP contribution < -0.4 is 5.32 Å². The van der Waals surface area contributed by atoms with Gasteiger partial charge in [-0.05, 0) is 5.56 Å². The van der Waals surface area contributed by atoms with E-state index in [0.717, 1.165) is 5.56 Å². The van der Waals surface area contributed by atoms with Gasteiger partial charge in [-0.25, -0.2) is 0 Å². The normalized spacial score (nSPS) is 9.50. The van der Waals surface area contributed by atoms with Crippen molar-refractivity contribution >= 4 is 17.8 Å². The number of hydrogen-bond acceptors (Lipinski definition) is 4. The lowest BCUT2D eigenvalue weighted by Crippen LogP contribution is -2.25. The summed E-state index contributed by atoms with van der Waals surface area (Å²) in [6.07, 6.45) is 1.92. The van der Waals surface area contributed by atoms with Gasteiger partial charge < -0.3 is 5.32 Å². The van der Waals surface area contributed by atoms with Crippen LogP contribution in [0.25, 0.3) is 0 Å². The predicted molar refractivity (Wildman–Crippen MR) is 58.2 cm³/mol. The quantitative estimate of drug-likeness (QED) is 0.332. The highest BCUT2D eigenvalue weighted by molar-refractivity contribution is 5.83. The minimum absolute atomic E-state index is 0.0180. The molecule has 1 aromatic carbocycles. The Morgan fingerprint density at radius 1 is 1.44 bits per heavy atom. The number of nitrogens with zero attached hydrogens (tertiary/aromatic N) is 1. The number of carbonyl (C=O) groups excluding carboxylic acids is 1. The standard InChI is InChI=1S/C10H10N3O3/c11-10(12-5-6-14)7-8-1-3-9(4-2-8)13(15)16/h1-4H,5,7H2,(H2,11,12). The number of nitrogens with one attached hydrogen (secondary N) is 2. The van der Waals surface area contributed by atoms with Crippen LogP contribution in [0, 0.1) is 15.5 Å². The second-order valence-electron chi connectivity index (χ2n) is 3.08. The molecular formula is C10H10N3O3. The third kappa shape index (κ3) is 3.49. The molecule has 6 heteroatoms. The maximum absolute atomic E-state index is 10.4. The van der Waals surface area contributed by atoms with Crippen molar-refractivity contribution in [2.45, 2.75) is 6.42 Å². The highest BCUT2D eigenvalue weighted by Gasteiger charge is 2.05. The highest BCUT2D eigenvalue weighted by atomic mass is 16.6. The summed E-state index contributed by atoms with van der Waals surface area (Å²) in [7, 11) is 0. The lowest BCUT2D eigenvalue weighted by Gasteiger charge is -2.04. The third-order valence-corrected chi connectivity index (χ3v) is 1.90. The smallest absolute Gasteiger partial charge is 0.269 e. The molecule has 0 fully saturated rings. The van der Waals surface area contributed by atoms with Gasteiger partial charge in [-0.2, -0.15) is 0 Å². The molecule has 2 N–H and O–H groups in total. The second kappa shape index (κ2) is 5.59. The largest absolute Gasteiger partial charge is 0.366 e. The zero-order chi connectivity index (χ0) is 12.0. The molecule has 1 radical (unpaired) electrons. The Morgan fingerprint density at radius 2 is 2.06 bits per heavy atom. The topological polar surface area (TPSA) is 96.1 Å². The summed E-state index contributed by atoms with van der Waals surface area (Å²) in [6.45, 7) is -0.0220. The van der Waals surface area contributed by atoms with Crippen LogP contribution >= 0.6 is 0 Å². The van der Waals surface area contributed by atoms with Crippen LogP contribution in [0.15, 0.2) is 24.3 Å². The number of amidine groups is 1. The summed E-state index contributed by atoms with van der Waals surface area (Å²) in [5.41, 5.74) is 0.790. The molecule has 0 aliphatic heterocycles. The van der Waals surface area contributed by atoms with E-state index < -0.39 is 4.92 Å². The average molecular weight is 220 g/mol. The van der Waals surface area contributed by atoms with Crippen LogP contribution in [0.4, 0.5) is 5.69 Å². The fourth-order valence-corrected chi connectivity index (χ4v) is 1.14. The maximum Gasteiger partial charge on any atom is 0.269 e. The molecule has 0 aliphatic rings. The molecule has 0 aliphatic carbocycles. The SMILES string of the molecule is N=C(Cc1ccc([N+](=O)[O-])cc1)NC[C]=O. The molecular weight excluding hydrogens is 210 g/mol. The number of hydrogen-bond donors (Lipinski definition) is 2.